The minimum absolute atomic E-state index is 0.285. The zero-order valence-electron chi connectivity index (χ0n) is 15.3. The normalized spacial score (nSPS) is 15.7. The monoisotopic (exact) mass is 389 g/mol. The molecular formula is C17H23F4N5O. The molecular weight excluding hydrogens is 366 g/mol. The summed E-state index contributed by atoms with van der Waals surface area (Å²) in [5, 5.41) is 2.80. The maximum atomic E-state index is 13.9. The summed E-state index contributed by atoms with van der Waals surface area (Å²) in [7, 11) is 2.64. The van der Waals surface area contributed by atoms with E-state index in [1.165, 1.54) is 13.1 Å². The van der Waals surface area contributed by atoms with E-state index in [0.29, 0.717) is 42.7 Å². The van der Waals surface area contributed by atoms with Crippen LogP contribution < -0.4 is 10.2 Å². The van der Waals surface area contributed by atoms with Crippen LogP contribution in [0.1, 0.15) is 0 Å². The van der Waals surface area contributed by atoms with Crippen LogP contribution in [0.5, 0.6) is 0 Å². The molecule has 1 aromatic rings. The zero-order valence-corrected chi connectivity index (χ0v) is 15.3. The number of amides is 1. The molecule has 0 saturated carbocycles. The van der Waals surface area contributed by atoms with Crippen LogP contribution in [0, 0.1) is 5.82 Å². The third-order valence-corrected chi connectivity index (χ3v) is 4.22. The van der Waals surface area contributed by atoms with Crippen molar-refractivity contribution in [3.8, 4) is 0 Å². The number of rotatable bonds is 4. The summed E-state index contributed by atoms with van der Waals surface area (Å²) in [6.07, 6.45) is -4.44. The SMILES string of the molecule is CN=C(NCC(=O)N(C)CC(F)(F)F)N1CCN(c2ccccc2F)CC1. The van der Waals surface area contributed by atoms with E-state index in [4.69, 9.17) is 0 Å². The summed E-state index contributed by atoms with van der Waals surface area (Å²) >= 11 is 0. The topological polar surface area (TPSA) is 51.2 Å². The van der Waals surface area contributed by atoms with E-state index in [1.54, 1.807) is 18.2 Å². The quantitative estimate of drug-likeness (QED) is 0.482. The molecule has 6 nitrogen and oxygen atoms in total. The van der Waals surface area contributed by atoms with Gasteiger partial charge in [-0.1, -0.05) is 12.1 Å². The number of aliphatic imine (C=N–C) groups is 1. The molecule has 1 aliphatic rings. The molecule has 1 aliphatic heterocycles. The van der Waals surface area contributed by atoms with Gasteiger partial charge in [0, 0.05) is 40.3 Å². The van der Waals surface area contributed by atoms with Crippen molar-refractivity contribution >= 4 is 17.6 Å². The highest BCUT2D eigenvalue weighted by Gasteiger charge is 2.31. The standard InChI is InChI=1S/C17H23F4N5O/c1-22-16(23-11-15(27)24(2)12-17(19,20)21)26-9-7-25(8-10-26)14-6-4-3-5-13(14)18/h3-6H,7-12H2,1-2H3,(H,22,23). The molecule has 1 N–H and O–H groups in total. The van der Waals surface area contributed by atoms with Gasteiger partial charge in [-0.25, -0.2) is 4.39 Å². The summed E-state index contributed by atoms with van der Waals surface area (Å²) in [4.78, 5) is 20.3. The number of nitrogens with zero attached hydrogens (tertiary/aromatic N) is 4. The number of halogens is 4. The first-order chi connectivity index (χ1) is 12.7. The summed E-state index contributed by atoms with van der Waals surface area (Å²) in [5.74, 6) is -0.540. The molecule has 150 valence electrons. The second kappa shape index (κ2) is 8.92. The van der Waals surface area contributed by atoms with Crippen molar-refractivity contribution in [2.45, 2.75) is 6.18 Å². The van der Waals surface area contributed by atoms with Crippen LogP contribution in [0.15, 0.2) is 29.3 Å². The number of benzene rings is 1. The van der Waals surface area contributed by atoms with Crippen LogP contribution in [0.25, 0.3) is 0 Å². The Morgan fingerprint density at radius 1 is 1.22 bits per heavy atom. The molecule has 0 atom stereocenters. The number of hydrogen-bond donors (Lipinski definition) is 1. The van der Waals surface area contributed by atoms with Gasteiger partial charge in [0.05, 0.1) is 12.2 Å². The van der Waals surface area contributed by atoms with Crippen molar-refractivity contribution in [2.75, 3.05) is 58.3 Å². The molecule has 0 bridgehead atoms. The number of carbonyl (C=O) groups excluding carboxylic acids is 1. The van der Waals surface area contributed by atoms with Crippen LogP contribution >= 0.6 is 0 Å². The lowest BCUT2D eigenvalue weighted by Gasteiger charge is -2.37. The molecule has 2 rings (SSSR count). The first kappa shape index (κ1) is 20.8. The summed E-state index contributed by atoms with van der Waals surface area (Å²) < 4.78 is 50.9. The number of alkyl halides is 3. The Bertz CT molecular complexity index is 672. The van der Waals surface area contributed by atoms with Gasteiger partial charge in [-0.2, -0.15) is 13.2 Å². The molecule has 1 amide bonds. The lowest BCUT2D eigenvalue weighted by atomic mass is 10.2. The van der Waals surface area contributed by atoms with E-state index >= 15 is 0 Å². The predicted octanol–water partition coefficient (Wildman–Crippen LogP) is 1.54. The maximum Gasteiger partial charge on any atom is 0.406 e. The molecule has 1 heterocycles. The van der Waals surface area contributed by atoms with E-state index in [9.17, 15) is 22.4 Å². The Kier molecular flexibility index (Phi) is 6.86. The second-order valence-corrected chi connectivity index (χ2v) is 6.19. The minimum Gasteiger partial charge on any atom is -0.366 e. The fourth-order valence-corrected chi connectivity index (χ4v) is 2.85. The first-order valence-corrected chi connectivity index (χ1v) is 8.47. The van der Waals surface area contributed by atoms with Crippen molar-refractivity contribution in [1.29, 1.82) is 0 Å². The molecule has 1 saturated heterocycles. The summed E-state index contributed by atoms with van der Waals surface area (Å²) in [6.45, 7) is 0.620. The average molecular weight is 389 g/mol. The Balaban J connectivity index is 1.85. The highest BCUT2D eigenvalue weighted by Crippen LogP contribution is 2.20. The van der Waals surface area contributed by atoms with Gasteiger partial charge in [-0.3, -0.25) is 9.79 Å². The zero-order chi connectivity index (χ0) is 20.0. The molecule has 0 radical (unpaired) electrons. The van der Waals surface area contributed by atoms with Gasteiger partial charge in [0.1, 0.15) is 12.4 Å². The number of carbonyl (C=O) groups is 1. The number of guanidine groups is 1. The van der Waals surface area contributed by atoms with E-state index in [0.717, 1.165) is 7.05 Å². The summed E-state index contributed by atoms with van der Waals surface area (Å²) in [5.41, 5.74) is 0.532. The Morgan fingerprint density at radius 2 is 1.85 bits per heavy atom. The van der Waals surface area contributed by atoms with Crippen LogP contribution in [-0.2, 0) is 4.79 Å². The van der Waals surface area contributed by atoms with Crippen molar-refractivity contribution in [3.63, 3.8) is 0 Å². The maximum absolute atomic E-state index is 13.9. The largest absolute Gasteiger partial charge is 0.406 e. The van der Waals surface area contributed by atoms with Crippen LogP contribution in [0.2, 0.25) is 0 Å². The van der Waals surface area contributed by atoms with Gasteiger partial charge >= 0.3 is 6.18 Å². The Labute approximate surface area is 155 Å². The third-order valence-electron chi connectivity index (χ3n) is 4.22. The molecule has 10 heteroatoms. The molecule has 0 aliphatic carbocycles. The summed E-state index contributed by atoms with van der Waals surface area (Å²) in [6, 6.07) is 6.53. The average Bonchev–Trinajstić information content (AvgIpc) is 2.61. The van der Waals surface area contributed by atoms with Gasteiger partial charge in [0.15, 0.2) is 5.96 Å². The Morgan fingerprint density at radius 3 is 2.41 bits per heavy atom. The first-order valence-electron chi connectivity index (χ1n) is 8.47. The lowest BCUT2D eigenvalue weighted by Crippen LogP contribution is -2.54. The number of para-hydroxylation sites is 1. The highest BCUT2D eigenvalue weighted by molar-refractivity contribution is 5.86. The lowest BCUT2D eigenvalue weighted by molar-refractivity contribution is -0.157. The van der Waals surface area contributed by atoms with Gasteiger partial charge < -0.3 is 20.0 Å². The van der Waals surface area contributed by atoms with Gasteiger partial charge in [-0.15, -0.1) is 0 Å². The minimum atomic E-state index is -4.44. The molecule has 0 spiro atoms. The molecule has 1 fully saturated rings. The molecule has 0 unspecified atom stereocenters. The second-order valence-electron chi connectivity index (χ2n) is 6.19. The van der Waals surface area contributed by atoms with Gasteiger partial charge in [0.2, 0.25) is 5.91 Å². The van der Waals surface area contributed by atoms with Crippen molar-refractivity contribution in [3.05, 3.63) is 30.1 Å². The van der Waals surface area contributed by atoms with Crippen molar-refractivity contribution in [2.24, 2.45) is 4.99 Å². The fourth-order valence-electron chi connectivity index (χ4n) is 2.85. The van der Waals surface area contributed by atoms with E-state index < -0.39 is 18.6 Å². The highest BCUT2D eigenvalue weighted by atomic mass is 19.4. The third kappa shape index (κ3) is 6.00. The van der Waals surface area contributed by atoms with E-state index in [1.807, 2.05) is 9.80 Å². The number of piperazine rings is 1. The van der Waals surface area contributed by atoms with Gasteiger partial charge in [-0.05, 0) is 12.1 Å². The Hall–Kier alpha value is -2.52. The van der Waals surface area contributed by atoms with Crippen molar-refractivity contribution < 1.29 is 22.4 Å². The van der Waals surface area contributed by atoms with Gasteiger partial charge in [0.25, 0.3) is 0 Å². The van der Waals surface area contributed by atoms with E-state index in [-0.39, 0.29) is 12.4 Å². The predicted molar refractivity (Wildman–Crippen MR) is 95.2 cm³/mol. The number of anilines is 1. The van der Waals surface area contributed by atoms with E-state index in [2.05, 4.69) is 10.3 Å². The number of nitrogens with one attached hydrogen (secondary N) is 1. The fraction of sp³-hybridized carbons (Fsp3) is 0.529. The molecule has 0 aromatic heterocycles. The van der Waals surface area contributed by atoms with Crippen LogP contribution in [0.3, 0.4) is 0 Å². The smallest absolute Gasteiger partial charge is 0.366 e. The molecule has 1 aromatic carbocycles. The number of hydrogen-bond acceptors (Lipinski definition) is 3. The van der Waals surface area contributed by atoms with Crippen LogP contribution in [-0.4, -0.2) is 81.2 Å². The van der Waals surface area contributed by atoms with Crippen molar-refractivity contribution in [1.82, 2.24) is 15.1 Å². The molecule has 27 heavy (non-hydrogen) atoms. The number of likely N-dealkylation sites (N-methyl/N-ethyl adjacent to an activating group) is 1. The van der Waals surface area contributed by atoms with Crippen LogP contribution in [0.4, 0.5) is 23.2 Å².